The third-order valence-electron chi connectivity index (χ3n) is 7.99. The molecule has 39 heavy (non-hydrogen) atoms. The summed E-state index contributed by atoms with van der Waals surface area (Å²) in [6.07, 6.45) is 16.7. The number of hydrogen-bond donors (Lipinski definition) is 2. The van der Waals surface area contributed by atoms with Crippen LogP contribution in [0.2, 0.25) is 0 Å². The van der Waals surface area contributed by atoms with E-state index in [2.05, 4.69) is 46.3 Å². The van der Waals surface area contributed by atoms with Crippen molar-refractivity contribution in [2.75, 3.05) is 0 Å². The smallest absolute Gasteiger partial charge is 0.270 e. The van der Waals surface area contributed by atoms with Crippen molar-refractivity contribution >= 4 is 27.4 Å². The molecule has 0 bridgehead atoms. The highest BCUT2D eigenvalue weighted by Crippen LogP contribution is 2.40. The molecular weight excluding hydrogens is 512 g/mol. The average molecular weight is 551 g/mol. The minimum Gasteiger partial charge on any atom is -0.342 e. The Hall–Kier alpha value is -3.20. The fourth-order valence-corrected chi connectivity index (χ4v) is 6.82. The number of fused-ring (bicyclic) bond motifs is 1. The van der Waals surface area contributed by atoms with Gasteiger partial charge in [-0.2, -0.15) is 5.10 Å². The van der Waals surface area contributed by atoms with Crippen LogP contribution in [0.3, 0.4) is 0 Å². The van der Waals surface area contributed by atoms with Crippen molar-refractivity contribution in [2.45, 2.75) is 95.4 Å². The Morgan fingerprint density at radius 1 is 1.18 bits per heavy atom. The second-order valence-corrected chi connectivity index (χ2v) is 13.2. The average Bonchev–Trinajstić information content (AvgIpc) is 3.66. The predicted molar refractivity (Wildman–Crippen MR) is 151 cm³/mol. The van der Waals surface area contributed by atoms with Crippen LogP contribution in [0.5, 0.6) is 0 Å². The molecule has 2 aliphatic carbocycles. The number of aromatic nitrogens is 2. The van der Waals surface area contributed by atoms with Gasteiger partial charge in [0.2, 0.25) is 10.0 Å². The van der Waals surface area contributed by atoms with Gasteiger partial charge >= 0.3 is 0 Å². The predicted octanol–water partition coefficient (Wildman–Crippen LogP) is 4.31. The molecule has 1 aromatic heterocycles. The fraction of sp³-hybridized carbons (Fsp3) is 0.500. The number of aryl methyl sites for hydroxylation is 3. The molecule has 1 unspecified atom stereocenters. The standard InChI is InChI=1S/C30H38N4O4S/c1-3-4-5-6-9-16-34-20-24(19-31-34)30(2)18-26(23-13-12-21-10-7-8-11-22(21)17-23)27(28(35)32-30)29(36)33-39(37,38)25-14-15-25/h5-6,12-13,17,19-20,25H,3-4,7-11,14-16,18H2,1-2H3,(H,32,35)(H,33,36)/b6-5+. The van der Waals surface area contributed by atoms with Gasteiger partial charge in [0.1, 0.15) is 5.57 Å². The minimum absolute atomic E-state index is 0.124. The van der Waals surface area contributed by atoms with Crippen molar-refractivity contribution in [2.24, 2.45) is 0 Å². The molecule has 2 amide bonds. The molecule has 5 rings (SSSR count). The Kier molecular flexibility index (Phi) is 7.80. The third kappa shape index (κ3) is 6.03. The molecule has 1 aromatic carbocycles. The first-order chi connectivity index (χ1) is 18.7. The molecule has 0 spiro atoms. The highest BCUT2D eigenvalue weighted by Gasteiger charge is 2.43. The van der Waals surface area contributed by atoms with E-state index in [0.717, 1.165) is 62.6 Å². The highest BCUT2D eigenvalue weighted by atomic mass is 32.2. The van der Waals surface area contributed by atoms with Crippen molar-refractivity contribution in [3.05, 3.63) is 70.6 Å². The van der Waals surface area contributed by atoms with Gasteiger partial charge in [0.15, 0.2) is 0 Å². The molecular formula is C30H38N4O4S. The van der Waals surface area contributed by atoms with E-state index in [1.54, 1.807) is 6.20 Å². The van der Waals surface area contributed by atoms with E-state index in [4.69, 9.17) is 0 Å². The largest absolute Gasteiger partial charge is 0.342 e. The Morgan fingerprint density at radius 3 is 2.67 bits per heavy atom. The highest BCUT2D eigenvalue weighted by molar-refractivity contribution is 7.91. The van der Waals surface area contributed by atoms with Gasteiger partial charge in [-0.05, 0) is 80.6 Å². The molecule has 9 heteroatoms. The summed E-state index contributed by atoms with van der Waals surface area (Å²) in [7, 11) is -3.80. The molecule has 1 atom stereocenters. The van der Waals surface area contributed by atoms with Crippen molar-refractivity contribution in [3.8, 4) is 0 Å². The van der Waals surface area contributed by atoms with Gasteiger partial charge in [0.05, 0.1) is 17.0 Å². The van der Waals surface area contributed by atoms with Crippen molar-refractivity contribution in [1.82, 2.24) is 19.8 Å². The summed E-state index contributed by atoms with van der Waals surface area (Å²) >= 11 is 0. The normalized spacial score (nSPS) is 21.6. The Balaban J connectivity index is 1.48. The van der Waals surface area contributed by atoms with Crippen LogP contribution in [0.4, 0.5) is 0 Å². The Morgan fingerprint density at radius 2 is 1.92 bits per heavy atom. The van der Waals surface area contributed by atoms with Gasteiger partial charge in [-0.15, -0.1) is 0 Å². The molecule has 0 saturated heterocycles. The zero-order chi connectivity index (χ0) is 27.6. The molecule has 1 aliphatic heterocycles. The van der Waals surface area contributed by atoms with Crippen molar-refractivity contribution in [1.29, 1.82) is 0 Å². The molecule has 2 heterocycles. The summed E-state index contributed by atoms with van der Waals surface area (Å²) in [5.74, 6) is -1.43. The fourth-order valence-electron chi connectivity index (χ4n) is 5.54. The number of carbonyl (C=O) groups excluding carboxylic acids is 2. The lowest BCUT2D eigenvalue weighted by Crippen LogP contribution is -2.50. The van der Waals surface area contributed by atoms with E-state index < -0.39 is 32.6 Å². The SMILES string of the molecule is CCC/C=C/CCn1cc(C2(C)CC(c3ccc4c(c3)CCCC4)=C(C(=O)NS(=O)(=O)C3CC3)C(=O)N2)cn1. The van der Waals surface area contributed by atoms with E-state index in [1.807, 2.05) is 23.9 Å². The topological polar surface area (TPSA) is 110 Å². The van der Waals surface area contributed by atoms with Crippen LogP contribution in [0.15, 0.2) is 48.3 Å². The summed E-state index contributed by atoms with van der Waals surface area (Å²) < 4.78 is 29.2. The molecule has 0 radical (unpaired) electrons. The van der Waals surface area contributed by atoms with E-state index in [1.165, 1.54) is 11.1 Å². The van der Waals surface area contributed by atoms with E-state index >= 15 is 0 Å². The summed E-state index contributed by atoms with van der Waals surface area (Å²) in [4.78, 5) is 26.9. The number of sulfonamides is 1. The number of unbranched alkanes of at least 4 members (excludes halogenated alkanes) is 1. The van der Waals surface area contributed by atoms with Crippen LogP contribution in [0.1, 0.15) is 87.5 Å². The van der Waals surface area contributed by atoms with Gasteiger partial charge in [-0.3, -0.25) is 14.3 Å². The molecule has 8 nitrogen and oxygen atoms in total. The lowest BCUT2D eigenvalue weighted by molar-refractivity contribution is -0.124. The Bertz CT molecular complexity index is 1430. The first-order valence-electron chi connectivity index (χ1n) is 14.1. The van der Waals surface area contributed by atoms with Crippen LogP contribution in [0, 0.1) is 0 Å². The third-order valence-corrected chi connectivity index (χ3v) is 9.81. The number of carbonyl (C=O) groups is 2. The van der Waals surface area contributed by atoms with Crippen LogP contribution in [-0.2, 0) is 44.5 Å². The number of rotatable bonds is 10. The van der Waals surface area contributed by atoms with E-state index in [9.17, 15) is 18.0 Å². The summed E-state index contributed by atoms with van der Waals surface area (Å²) in [5.41, 5.74) is 3.79. The molecule has 1 saturated carbocycles. The zero-order valence-electron chi connectivity index (χ0n) is 22.8. The zero-order valence-corrected chi connectivity index (χ0v) is 23.6. The lowest BCUT2D eigenvalue weighted by Gasteiger charge is -2.36. The molecule has 3 aliphatic rings. The quantitative estimate of drug-likeness (QED) is 0.339. The Labute approximate surface area is 231 Å². The number of nitrogens with zero attached hydrogens (tertiary/aromatic N) is 2. The number of allylic oxidation sites excluding steroid dienone is 2. The second kappa shape index (κ2) is 11.1. The molecule has 1 fully saturated rings. The summed E-state index contributed by atoms with van der Waals surface area (Å²) in [5, 5.41) is 6.97. The number of benzene rings is 1. The number of hydrogen-bond acceptors (Lipinski definition) is 5. The first-order valence-corrected chi connectivity index (χ1v) is 15.7. The maximum atomic E-state index is 13.6. The van der Waals surface area contributed by atoms with E-state index in [0.29, 0.717) is 24.8 Å². The maximum absolute atomic E-state index is 13.6. The van der Waals surface area contributed by atoms with Gasteiger partial charge in [0, 0.05) is 24.7 Å². The molecule has 2 N–H and O–H groups in total. The lowest BCUT2D eigenvalue weighted by atomic mass is 9.78. The van der Waals surface area contributed by atoms with Crippen LogP contribution in [-0.4, -0.2) is 35.3 Å². The van der Waals surface area contributed by atoms with Gasteiger partial charge in [-0.25, -0.2) is 13.1 Å². The number of amides is 2. The van der Waals surface area contributed by atoms with Crippen molar-refractivity contribution in [3.63, 3.8) is 0 Å². The van der Waals surface area contributed by atoms with Gasteiger partial charge in [-0.1, -0.05) is 43.7 Å². The van der Waals surface area contributed by atoms with Crippen molar-refractivity contribution < 1.29 is 18.0 Å². The molecule has 208 valence electrons. The first kappa shape index (κ1) is 27.4. The van der Waals surface area contributed by atoms with Gasteiger partial charge < -0.3 is 5.32 Å². The maximum Gasteiger partial charge on any atom is 0.270 e. The van der Waals surface area contributed by atoms with Crippen LogP contribution >= 0.6 is 0 Å². The van der Waals surface area contributed by atoms with E-state index in [-0.39, 0.29) is 5.57 Å². The van der Waals surface area contributed by atoms with Crippen LogP contribution in [0.25, 0.3) is 5.57 Å². The van der Waals surface area contributed by atoms with Gasteiger partial charge in [0.25, 0.3) is 11.8 Å². The molecule has 2 aromatic rings. The number of nitrogens with one attached hydrogen (secondary N) is 2. The second-order valence-electron chi connectivity index (χ2n) is 11.2. The minimum atomic E-state index is -3.80. The van der Waals surface area contributed by atoms with Crippen LogP contribution < -0.4 is 10.0 Å². The summed E-state index contributed by atoms with van der Waals surface area (Å²) in [6.45, 7) is 4.81. The monoisotopic (exact) mass is 550 g/mol. The summed E-state index contributed by atoms with van der Waals surface area (Å²) in [6, 6.07) is 6.13.